The summed E-state index contributed by atoms with van der Waals surface area (Å²) in [7, 11) is -3.27. The molecule has 1 saturated carbocycles. The second-order valence-electron chi connectivity index (χ2n) is 4.39. The first-order chi connectivity index (χ1) is 7.16. The average molecular weight is 233 g/mol. The first kappa shape index (κ1) is 11.3. The summed E-state index contributed by atoms with van der Waals surface area (Å²) in [5.41, 5.74) is 0. The molecular formula is C9H19N3O2S. The summed E-state index contributed by atoms with van der Waals surface area (Å²) >= 11 is 0. The molecule has 6 heteroatoms. The van der Waals surface area contributed by atoms with Gasteiger partial charge in [0.2, 0.25) is 0 Å². The van der Waals surface area contributed by atoms with Crippen LogP contribution in [0, 0.1) is 0 Å². The van der Waals surface area contributed by atoms with Gasteiger partial charge >= 0.3 is 0 Å². The Morgan fingerprint density at radius 1 is 0.933 bits per heavy atom. The molecule has 0 aromatic carbocycles. The highest BCUT2D eigenvalue weighted by molar-refractivity contribution is 7.87. The molecule has 0 aromatic rings. The maximum Gasteiger partial charge on any atom is 0.277 e. The SMILES string of the molecule is O=S(=O)(NC1CCC1)NC1CCNCC1. The van der Waals surface area contributed by atoms with E-state index in [-0.39, 0.29) is 12.1 Å². The van der Waals surface area contributed by atoms with Crippen molar-refractivity contribution in [1.82, 2.24) is 14.8 Å². The van der Waals surface area contributed by atoms with Crippen molar-refractivity contribution in [3.63, 3.8) is 0 Å². The molecule has 1 saturated heterocycles. The predicted octanol–water partition coefficient (Wildman–Crippen LogP) is -0.285. The molecule has 2 rings (SSSR count). The van der Waals surface area contributed by atoms with Gasteiger partial charge in [0.05, 0.1) is 0 Å². The highest BCUT2D eigenvalue weighted by Gasteiger charge is 2.25. The summed E-state index contributed by atoms with van der Waals surface area (Å²) in [4.78, 5) is 0. The third-order valence-electron chi connectivity index (χ3n) is 3.09. The summed E-state index contributed by atoms with van der Waals surface area (Å²) in [6.45, 7) is 1.80. The summed E-state index contributed by atoms with van der Waals surface area (Å²) in [6.07, 6.45) is 4.86. The van der Waals surface area contributed by atoms with Gasteiger partial charge in [0, 0.05) is 12.1 Å². The Bertz CT molecular complexity index is 294. The van der Waals surface area contributed by atoms with E-state index in [0.29, 0.717) is 0 Å². The zero-order chi connectivity index (χ0) is 10.7. The number of piperidine rings is 1. The van der Waals surface area contributed by atoms with Gasteiger partial charge < -0.3 is 5.32 Å². The number of nitrogens with one attached hydrogen (secondary N) is 3. The molecule has 0 unspecified atom stereocenters. The maximum atomic E-state index is 11.7. The number of hydrogen-bond acceptors (Lipinski definition) is 3. The standard InChI is InChI=1S/C9H19N3O2S/c13-15(14,11-8-2-1-3-8)12-9-4-6-10-7-5-9/h8-12H,1-7H2. The van der Waals surface area contributed by atoms with E-state index < -0.39 is 10.2 Å². The molecule has 0 atom stereocenters. The molecule has 0 bridgehead atoms. The summed E-state index contributed by atoms with van der Waals surface area (Å²) < 4.78 is 28.7. The largest absolute Gasteiger partial charge is 0.317 e. The zero-order valence-corrected chi connectivity index (χ0v) is 9.65. The van der Waals surface area contributed by atoms with Gasteiger partial charge in [-0.05, 0) is 38.8 Å². The molecule has 0 aromatic heterocycles. The maximum absolute atomic E-state index is 11.7. The molecule has 15 heavy (non-hydrogen) atoms. The lowest BCUT2D eigenvalue weighted by atomic mass is 9.94. The van der Waals surface area contributed by atoms with E-state index >= 15 is 0 Å². The van der Waals surface area contributed by atoms with Gasteiger partial charge in [-0.1, -0.05) is 6.42 Å². The molecule has 0 amide bonds. The van der Waals surface area contributed by atoms with E-state index in [0.717, 1.165) is 45.2 Å². The molecular weight excluding hydrogens is 214 g/mol. The van der Waals surface area contributed by atoms with E-state index in [1.54, 1.807) is 0 Å². The molecule has 1 aliphatic carbocycles. The molecule has 2 aliphatic rings. The minimum Gasteiger partial charge on any atom is -0.317 e. The van der Waals surface area contributed by atoms with Crippen LogP contribution in [0.15, 0.2) is 0 Å². The van der Waals surface area contributed by atoms with Crippen molar-refractivity contribution in [3.05, 3.63) is 0 Å². The van der Waals surface area contributed by atoms with Crippen LogP contribution in [-0.2, 0) is 10.2 Å². The monoisotopic (exact) mass is 233 g/mol. The summed E-state index contributed by atoms with van der Waals surface area (Å²) in [6, 6.07) is 0.271. The lowest BCUT2D eigenvalue weighted by Gasteiger charge is -2.29. The normalized spacial score (nSPS) is 25.1. The van der Waals surface area contributed by atoms with E-state index in [4.69, 9.17) is 0 Å². The Morgan fingerprint density at radius 2 is 1.47 bits per heavy atom. The minimum atomic E-state index is -3.27. The van der Waals surface area contributed by atoms with Crippen LogP contribution in [0.2, 0.25) is 0 Å². The molecule has 1 heterocycles. The number of rotatable bonds is 4. The van der Waals surface area contributed by atoms with Crippen LogP contribution in [-0.4, -0.2) is 33.6 Å². The van der Waals surface area contributed by atoms with Crippen molar-refractivity contribution < 1.29 is 8.42 Å². The van der Waals surface area contributed by atoms with Crippen molar-refractivity contribution in [2.45, 2.75) is 44.2 Å². The quantitative estimate of drug-likeness (QED) is 0.625. The Labute approximate surface area is 91.2 Å². The van der Waals surface area contributed by atoms with Gasteiger partial charge in [0.1, 0.15) is 0 Å². The van der Waals surface area contributed by atoms with Crippen molar-refractivity contribution in [2.24, 2.45) is 0 Å². The van der Waals surface area contributed by atoms with Crippen LogP contribution >= 0.6 is 0 Å². The van der Waals surface area contributed by atoms with Crippen LogP contribution in [0.3, 0.4) is 0 Å². The Hall–Kier alpha value is -0.170. The topological polar surface area (TPSA) is 70.2 Å². The van der Waals surface area contributed by atoms with Gasteiger partial charge in [-0.2, -0.15) is 17.9 Å². The molecule has 1 aliphatic heterocycles. The van der Waals surface area contributed by atoms with Crippen LogP contribution in [0.25, 0.3) is 0 Å². The smallest absolute Gasteiger partial charge is 0.277 e. The molecule has 2 fully saturated rings. The van der Waals surface area contributed by atoms with Crippen molar-refractivity contribution >= 4 is 10.2 Å². The Morgan fingerprint density at radius 3 is 1.93 bits per heavy atom. The zero-order valence-electron chi connectivity index (χ0n) is 8.83. The van der Waals surface area contributed by atoms with E-state index in [9.17, 15) is 8.42 Å². The van der Waals surface area contributed by atoms with E-state index in [2.05, 4.69) is 14.8 Å². The van der Waals surface area contributed by atoms with Crippen LogP contribution < -0.4 is 14.8 Å². The first-order valence-corrected chi connectivity index (χ1v) is 7.14. The first-order valence-electron chi connectivity index (χ1n) is 5.66. The van der Waals surface area contributed by atoms with Crippen molar-refractivity contribution in [3.8, 4) is 0 Å². The second kappa shape index (κ2) is 4.78. The van der Waals surface area contributed by atoms with E-state index in [1.165, 1.54) is 0 Å². The summed E-state index contributed by atoms with van der Waals surface area (Å²) in [5, 5.41) is 3.21. The summed E-state index contributed by atoms with van der Waals surface area (Å²) in [5.74, 6) is 0. The predicted molar refractivity (Wildman–Crippen MR) is 58.7 cm³/mol. The third-order valence-corrected chi connectivity index (χ3v) is 4.38. The highest BCUT2D eigenvalue weighted by Crippen LogP contribution is 2.18. The van der Waals surface area contributed by atoms with Crippen LogP contribution in [0.5, 0.6) is 0 Å². The van der Waals surface area contributed by atoms with Gasteiger partial charge in [0.25, 0.3) is 10.2 Å². The fraction of sp³-hybridized carbons (Fsp3) is 1.00. The van der Waals surface area contributed by atoms with E-state index in [1.807, 2.05) is 0 Å². The minimum absolute atomic E-state index is 0.101. The Kier molecular flexibility index (Phi) is 3.60. The second-order valence-corrected chi connectivity index (χ2v) is 5.87. The van der Waals surface area contributed by atoms with Gasteiger partial charge in [-0.15, -0.1) is 0 Å². The number of hydrogen-bond donors (Lipinski definition) is 3. The van der Waals surface area contributed by atoms with Crippen molar-refractivity contribution in [2.75, 3.05) is 13.1 Å². The van der Waals surface area contributed by atoms with Gasteiger partial charge in [-0.3, -0.25) is 0 Å². The molecule has 0 spiro atoms. The lowest BCUT2D eigenvalue weighted by Crippen LogP contribution is -2.51. The van der Waals surface area contributed by atoms with Gasteiger partial charge in [0.15, 0.2) is 0 Å². The lowest BCUT2D eigenvalue weighted by molar-refractivity contribution is 0.374. The molecule has 5 nitrogen and oxygen atoms in total. The average Bonchev–Trinajstić information content (AvgIpc) is 2.13. The fourth-order valence-electron chi connectivity index (χ4n) is 1.94. The molecule has 88 valence electrons. The highest BCUT2D eigenvalue weighted by atomic mass is 32.2. The van der Waals surface area contributed by atoms with Crippen molar-refractivity contribution in [1.29, 1.82) is 0 Å². The van der Waals surface area contributed by atoms with Crippen LogP contribution in [0.4, 0.5) is 0 Å². The third kappa shape index (κ3) is 3.41. The Balaban J connectivity index is 1.80. The molecule has 0 radical (unpaired) electrons. The van der Waals surface area contributed by atoms with Crippen LogP contribution in [0.1, 0.15) is 32.1 Å². The van der Waals surface area contributed by atoms with Gasteiger partial charge in [-0.25, -0.2) is 0 Å². The molecule has 3 N–H and O–H groups in total. The fourth-order valence-corrected chi connectivity index (χ4v) is 3.36.